The number of halogens is 3. The molecular weight excluding hydrogens is 243 g/mol. The molecule has 0 unspecified atom stereocenters. The minimum Gasteiger partial charge on any atom is -0.326 e. The molecule has 1 fully saturated rings. The van der Waals surface area contributed by atoms with Crippen LogP contribution in [0.4, 0.5) is 18.9 Å². The first-order chi connectivity index (χ1) is 8.29. The average molecular weight is 257 g/mol. The smallest absolute Gasteiger partial charge is 0.326 e. The quantitative estimate of drug-likeness (QED) is 0.861. The van der Waals surface area contributed by atoms with Gasteiger partial charge in [0.05, 0.1) is 5.56 Å². The molecule has 0 spiro atoms. The number of carbonyl (C=O) groups excluding carboxylic acids is 1. The lowest BCUT2D eigenvalue weighted by atomic mass is 10.1. The fraction of sp³-hybridized carbons (Fsp3) is 0.462. The molecule has 18 heavy (non-hydrogen) atoms. The van der Waals surface area contributed by atoms with Crippen LogP contribution in [0.3, 0.4) is 0 Å². The molecule has 5 heteroatoms. The normalized spacial score (nSPS) is 22.7. The fourth-order valence-electron chi connectivity index (χ4n) is 1.93. The lowest BCUT2D eigenvalue weighted by Crippen LogP contribution is -2.15. The maximum Gasteiger partial charge on any atom is 0.416 e. The van der Waals surface area contributed by atoms with Gasteiger partial charge in [-0.3, -0.25) is 4.79 Å². The van der Waals surface area contributed by atoms with Crippen molar-refractivity contribution in [2.45, 2.75) is 26.4 Å². The van der Waals surface area contributed by atoms with Crippen LogP contribution in [-0.2, 0) is 11.0 Å². The Labute approximate surface area is 103 Å². The molecule has 0 radical (unpaired) electrons. The number of carbonyl (C=O) groups is 1. The van der Waals surface area contributed by atoms with Crippen LogP contribution in [-0.4, -0.2) is 5.91 Å². The second kappa shape index (κ2) is 4.30. The number of anilines is 1. The van der Waals surface area contributed by atoms with E-state index in [1.165, 1.54) is 19.1 Å². The van der Waals surface area contributed by atoms with E-state index in [0.717, 1.165) is 12.5 Å². The predicted octanol–water partition coefficient (Wildman–Crippen LogP) is 3.61. The molecule has 2 atom stereocenters. The van der Waals surface area contributed by atoms with Crippen molar-refractivity contribution in [1.29, 1.82) is 0 Å². The third-order valence-electron chi connectivity index (χ3n) is 3.26. The summed E-state index contributed by atoms with van der Waals surface area (Å²) in [4.78, 5) is 11.6. The summed E-state index contributed by atoms with van der Waals surface area (Å²) in [6, 6.07) is 3.85. The summed E-state index contributed by atoms with van der Waals surface area (Å²) in [5.74, 6) is 0.0812. The molecule has 2 nitrogen and oxygen atoms in total. The largest absolute Gasteiger partial charge is 0.416 e. The topological polar surface area (TPSA) is 29.1 Å². The van der Waals surface area contributed by atoms with Gasteiger partial charge in [-0.2, -0.15) is 13.2 Å². The number of alkyl halides is 3. The molecule has 0 aromatic heterocycles. The van der Waals surface area contributed by atoms with Crippen molar-refractivity contribution in [1.82, 2.24) is 0 Å². The number of rotatable bonds is 2. The highest BCUT2D eigenvalue weighted by Gasteiger charge is 2.39. The fourth-order valence-corrected chi connectivity index (χ4v) is 1.93. The van der Waals surface area contributed by atoms with Crippen molar-refractivity contribution in [2.75, 3.05) is 5.32 Å². The Kier molecular flexibility index (Phi) is 3.09. The van der Waals surface area contributed by atoms with Gasteiger partial charge in [0.1, 0.15) is 0 Å². The van der Waals surface area contributed by atoms with Crippen LogP contribution in [0.25, 0.3) is 0 Å². The Morgan fingerprint density at radius 2 is 2.00 bits per heavy atom. The molecule has 1 aromatic rings. The average Bonchev–Trinajstić information content (AvgIpc) is 2.97. The Bertz CT molecular complexity index is 482. The summed E-state index contributed by atoms with van der Waals surface area (Å²) >= 11 is 0. The Morgan fingerprint density at radius 3 is 2.50 bits per heavy atom. The van der Waals surface area contributed by atoms with Gasteiger partial charge in [0, 0.05) is 11.6 Å². The SMILES string of the molecule is Cc1ccc(NC(=O)[C@H]2C[C@H]2C)cc1C(F)(F)F. The van der Waals surface area contributed by atoms with Gasteiger partial charge in [-0.05, 0) is 37.0 Å². The first kappa shape index (κ1) is 12.9. The predicted molar refractivity (Wildman–Crippen MR) is 62.1 cm³/mol. The molecule has 0 bridgehead atoms. The number of nitrogens with one attached hydrogen (secondary N) is 1. The van der Waals surface area contributed by atoms with Gasteiger partial charge >= 0.3 is 6.18 Å². The molecule has 1 saturated carbocycles. The van der Waals surface area contributed by atoms with Gasteiger partial charge in [0.25, 0.3) is 0 Å². The lowest BCUT2D eigenvalue weighted by molar-refractivity contribution is -0.138. The van der Waals surface area contributed by atoms with E-state index in [9.17, 15) is 18.0 Å². The zero-order valence-electron chi connectivity index (χ0n) is 10.1. The van der Waals surface area contributed by atoms with Gasteiger partial charge in [0.2, 0.25) is 5.91 Å². The highest BCUT2D eigenvalue weighted by Crippen LogP contribution is 2.39. The second-order valence-electron chi connectivity index (χ2n) is 4.84. The van der Waals surface area contributed by atoms with Crippen molar-refractivity contribution in [3.63, 3.8) is 0 Å². The van der Waals surface area contributed by atoms with Crippen LogP contribution < -0.4 is 5.32 Å². The van der Waals surface area contributed by atoms with E-state index in [0.29, 0.717) is 5.92 Å². The minimum absolute atomic E-state index is 0.0550. The highest BCUT2D eigenvalue weighted by molar-refractivity contribution is 5.94. The molecule has 0 saturated heterocycles. The summed E-state index contributed by atoms with van der Waals surface area (Å²) in [5, 5.41) is 2.54. The molecular formula is C13H14F3NO. The summed E-state index contributed by atoms with van der Waals surface area (Å²) in [6.07, 6.45) is -3.58. The Morgan fingerprint density at radius 1 is 1.39 bits per heavy atom. The van der Waals surface area contributed by atoms with Crippen molar-refractivity contribution in [3.8, 4) is 0 Å². The van der Waals surface area contributed by atoms with E-state index in [1.54, 1.807) is 0 Å². The van der Waals surface area contributed by atoms with E-state index >= 15 is 0 Å². The summed E-state index contributed by atoms with van der Waals surface area (Å²) in [7, 11) is 0. The zero-order valence-corrected chi connectivity index (χ0v) is 10.1. The van der Waals surface area contributed by atoms with Gasteiger partial charge in [-0.25, -0.2) is 0 Å². The molecule has 1 aromatic carbocycles. The Hall–Kier alpha value is -1.52. The lowest BCUT2D eigenvalue weighted by Gasteiger charge is -2.12. The van der Waals surface area contributed by atoms with Crippen LogP contribution in [0.2, 0.25) is 0 Å². The van der Waals surface area contributed by atoms with Gasteiger partial charge < -0.3 is 5.32 Å². The zero-order chi connectivity index (χ0) is 13.5. The summed E-state index contributed by atoms with van der Waals surface area (Å²) in [6.45, 7) is 3.35. The van der Waals surface area contributed by atoms with Crippen LogP contribution in [0.15, 0.2) is 18.2 Å². The van der Waals surface area contributed by atoms with Crippen LogP contribution >= 0.6 is 0 Å². The van der Waals surface area contributed by atoms with E-state index in [1.807, 2.05) is 6.92 Å². The van der Waals surface area contributed by atoms with Crippen molar-refractivity contribution in [3.05, 3.63) is 29.3 Å². The molecule has 1 aliphatic rings. The Balaban J connectivity index is 2.17. The monoisotopic (exact) mass is 257 g/mol. The van der Waals surface area contributed by atoms with Crippen LogP contribution in [0, 0.1) is 18.8 Å². The molecule has 0 heterocycles. The third kappa shape index (κ3) is 2.66. The van der Waals surface area contributed by atoms with Crippen molar-refractivity contribution < 1.29 is 18.0 Å². The third-order valence-corrected chi connectivity index (χ3v) is 3.26. The molecule has 1 N–H and O–H groups in total. The first-order valence-corrected chi connectivity index (χ1v) is 5.77. The van der Waals surface area contributed by atoms with Gasteiger partial charge in [-0.1, -0.05) is 13.0 Å². The first-order valence-electron chi connectivity index (χ1n) is 5.77. The van der Waals surface area contributed by atoms with Gasteiger partial charge in [-0.15, -0.1) is 0 Å². The van der Waals surface area contributed by atoms with Crippen molar-refractivity contribution >= 4 is 11.6 Å². The summed E-state index contributed by atoms with van der Waals surface area (Å²) in [5.41, 5.74) is -0.346. The van der Waals surface area contributed by atoms with Crippen LogP contribution in [0.1, 0.15) is 24.5 Å². The van der Waals surface area contributed by atoms with E-state index in [2.05, 4.69) is 5.32 Å². The standard InChI is InChI=1S/C13H14F3NO/c1-7-3-4-9(6-11(7)13(14,15)16)17-12(18)10-5-8(10)2/h3-4,6,8,10H,5H2,1-2H3,(H,17,18)/t8-,10+/m1/s1. The van der Waals surface area contributed by atoms with Gasteiger partial charge in [0.15, 0.2) is 0 Å². The number of aryl methyl sites for hydroxylation is 1. The number of amides is 1. The maximum atomic E-state index is 12.7. The molecule has 1 amide bonds. The van der Waals surface area contributed by atoms with Crippen LogP contribution in [0.5, 0.6) is 0 Å². The molecule has 1 aliphatic carbocycles. The number of hydrogen-bond acceptors (Lipinski definition) is 1. The maximum absolute atomic E-state index is 12.7. The second-order valence-corrected chi connectivity index (χ2v) is 4.84. The van der Waals surface area contributed by atoms with E-state index in [-0.39, 0.29) is 23.1 Å². The van der Waals surface area contributed by atoms with Crippen molar-refractivity contribution in [2.24, 2.45) is 11.8 Å². The number of benzene rings is 1. The van der Waals surface area contributed by atoms with E-state index < -0.39 is 11.7 Å². The molecule has 0 aliphatic heterocycles. The van der Waals surface area contributed by atoms with E-state index in [4.69, 9.17) is 0 Å². The molecule has 98 valence electrons. The minimum atomic E-state index is -4.39. The highest BCUT2D eigenvalue weighted by atomic mass is 19.4. The summed E-state index contributed by atoms with van der Waals surface area (Å²) < 4.78 is 38.1. The number of hydrogen-bond donors (Lipinski definition) is 1. The molecule has 2 rings (SSSR count).